The van der Waals surface area contributed by atoms with E-state index in [1.54, 1.807) is 6.07 Å². The largest absolute Gasteiger partial charge is 0.377 e. The van der Waals surface area contributed by atoms with E-state index in [1.165, 1.54) is 0 Å². The van der Waals surface area contributed by atoms with Crippen LogP contribution in [0, 0.1) is 18.3 Å². The highest BCUT2D eigenvalue weighted by molar-refractivity contribution is 5.36. The molecule has 0 saturated carbocycles. The van der Waals surface area contributed by atoms with E-state index in [9.17, 15) is 0 Å². The van der Waals surface area contributed by atoms with Crippen LogP contribution in [0.3, 0.4) is 0 Å². The number of ether oxygens (including phenoxy) is 1. The Kier molecular flexibility index (Phi) is 4.11. The fourth-order valence-corrected chi connectivity index (χ4v) is 2.24. The van der Waals surface area contributed by atoms with E-state index < -0.39 is 0 Å². The molecule has 0 bridgehead atoms. The first-order chi connectivity index (χ1) is 8.72. The van der Waals surface area contributed by atoms with Crippen molar-refractivity contribution in [3.63, 3.8) is 0 Å². The van der Waals surface area contributed by atoms with Crippen molar-refractivity contribution in [1.29, 1.82) is 5.26 Å². The third-order valence-corrected chi connectivity index (χ3v) is 3.02. The Morgan fingerprint density at radius 1 is 1.56 bits per heavy atom. The second kappa shape index (κ2) is 5.78. The molecule has 18 heavy (non-hydrogen) atoms. The van der Waals surface area contributed by atoms with E-state index >= 15 is 0 Å². The van der Waals surface area contributed by atoms with Gasteiger partial charge < -0.3 is 9.64 Å². The van der Waals surface area contributed by atoms with Gasteiger partial charge in [-0.3, -0.25) is 0 Å². The molecule has 2 heterocycles. The van der Waals surface area contributed by atoms with Gasteiger partial charge in [-0.05, 0) is 32.8 Å². The highest BCUT2D eigenvalue weighted by Crippen LogP contribution is 2.18. The lowest BCUT2D eigenvalue weighted by Gasteiger charge is -2.32. The fraction of sp³-hybridized carbons (Fsp3) is 0.615. The molecular formula is C13H18N4O. The number of rotatable bonds is 3. The Labute approximate surface area is 107 Å². The maximum absolute atomic E-state index is 8.94. The molecule has 1 aliphatic heterocycles. The van der Waals surface area contributed by atoms with Crippen LogP contribution in [0.1, 0.15) is 31.2 Å². The number of aryl methyl sites for hydroxylation is 1. The van der Waals surface area contributed by atoms with Gasteiger partial charge in [0, 0.05) is 25.4 Å². The summed E-state index contributed by atoms with van der Waals surface area (Å²) in [4.78, 5) is 10.8. The summed E-state index contributed by atoms with van der Waals surface area (Å²) in [5.41, 5.74) is 1.26. The van der Waals surface area contributed by atoms with Gasteiger partial charge in [-0.1, -0.05) is 0 Å². The van der Waals surface area contributed by atoms with Crippen LogP contribution in [0.15, 0.2) is 6.07 Å². The maximum Gasteiger partial charge on any atom is 0.226 e. The van der Waals surface area contributed by atoms with Crippen molar-refractivity contribution in [1.82, 2.24) is 9.97 Å². The highest BCUT2D eigenvalue weighted by atomic mass is 16.5. The molecule has 1 aromatic heterocycles. The zero-order valence-corrected chi connectivity index (χ0v) is 10.9. The Balaban J connectivity index is 2.15. The van der Waals surface area contributed by atoms with Crippen LogP contribution in [0.4, 0.5) is 5.95 Å². The molecule has 5 nitrogen and oxygen atoms in total. The summed E-state index contributed by atoms with van der Waals surface area (Å²) in [6.07, 6.45) is 2.41. The minimum atomic E-state index is 0.249. The molecule has 0 amide bonds. The van der Waals surface area contributed by atoms with Gasteiger partial charge in [-0.2, -0.15) is 5.26 Å². The summed E-state index contributed by atoms with van der Waals surface area (Å²) >= 11 is 0. The molecule has 1 atom stereocenters. The Morgan fingerprint density at radius 2 is 2.39 bits per heavy atom. The third-order valence-electron chi connectivity index (χ3n) is 3.02. The second-order valence-electron chi connectivity index (χ2n) is 4.47. The fourth-order valence-electron chi connectivity index (χ4n) is 2.24. The minimum Gasteiger partial charge on any atom is -0.377 e. The van der Waals surface area contributed by atoms with Crippen LogP contribution in [0.5, 0.6) is 0 Å². The van der Waals surface area contributed by atoms with Crippen molar-refractivity contribution >= 4 is 5.95 Å². The van der Waals surface area contributed by atoms with Crippen LogP contribution < -0.4 is 4.90 Å². The number of aromatic nitrogens is 2. The van der Waals surface area contributed by atoms with E-state index in [0.717, 1.165) is 38.2 Å². The number of nitriles is 1. The summed E-state index contributed by atoms with van der Waals surface area (Å²) in [5.74, 6) is 0.649. The molecule has 5 heteroatoms. The van der Waals surface area contributed by atoms with Crippen LogP contribution in [-0.4, -0.2) is 35.8 Å². The van der Waals surface area contributed by atoms with Crippen molar-refractivity contribution in [2.75, 3.05) is 24.6 Å². The van der Waals surface area contributed by atoms with Crippen molar-refractivity contribution in [2.24, 2.45) is 0 Å². The van der Waals surface area contributed by atoms with Crippen LogP contribution >= 0.6 is 0 Å². The van der Waals surface area contributed by atoms with E-state index in [1.807, 2.05) is 13.8 Å². The van der Waals surface area contributed by atoms with E-state index in [-0.39, 0.29) is 6.10 Å². The lowest BCUT2D eigenvalue weighted by molar-refractivity contribution is 0.0523. The molecule has 2 rings (SSSR count). The predicted molar refractivity (Wildman–Crippen MR) is 68.3 cm³/mol. The molecule has 1 unspecified atom stereocenters. The van der Waals surface area contributed by atoms with Gasteiger partial charge in [0.1, 0.15) is 11.8 Å². The van der Waals surface area contributed by atoms with Crippen molar-refractivity contribution in [3.05, 3.63) is 17.5 Å². The number of hydrogen-bond acceptors (Lipinski definition) is 5. The first-order valence-corrected chi connectivity index (χ1v) is 6.35. The van der Waals surface area contributed by atoms with E-state index in [0.29, 0.717) is 11.6 Å². The standard InChI is InChI=1S/C13H18N4O/c1-3-18-12-5-4-6-17(9-12)13-15-10(2)7-11(8-14)16-13/h7,12H,3-6,9H2,1-2H3. The van der Waals surface area contributed by atoms with Gasteiger partial charge in [-0.15, -0.1) is 0 Å². The van der Waals surface area contributed by atoms with Gasteiger partial charge >= 0.3 is 0 Å². The van der Waals surface area contributed by atoms with Crippen molar-refractivity contribution in [3.8, 4) is 6.07 Å². The maximum atomic E-state index is 8.94. The molecule has 0 radical (unpaired) electrons. The van der Waals surface area contributed by atoms with Crippen molar-refractivity contribution in [2.45, 2.75) is 32.8 Å². The lowest BCUT2D eigenvalue weighted by Crippen LogP contribution is -2.40. The Morgan fingerprint density at radius 3 is 3.11 bits per heavy atom. The third kappa shape index (κ3) is 2.96. The first kappa shape index (κ1) is 12.8. The number of anilines is 1. The summed E-state index contributed by atoms with van der Waals surface area (Å²) in [5, 5.41) is 8.94. The Bertz CT molecular complexity index is 453. The minimum absolute atomic E-state index is 0.249. The highest BCUT2D eigenvalue weighted by Gasteiger charge is 2.22. The average molecular weight is 246 g/mol. The number of nitrogens with zero attached hydrogens (tertiary/aromatic N) is 4. The summed E-state index contributed by atoms with van der Waals surface area (Å²) in [6.45, 7) is 6.36. The zero-order valence-electron chi connectivity index (χ0n) is 10.9. The molecule has 0 N–H and O–H groups in total. The quantitative estimate of drug-likeness (QED) is 0.811. The van der Waals surface area contributed by atoms with Gasteiger partial charge in [0.15, 0.2) is 0 Å². The summed E-state index contributed by atoms with van der Waals surface area (Å²) < 4.78 is 5.66. The van der Waals surface area contributed by atoms with Crippen molar-refractivity contribution < 1.29 is 4.74 Å². The summed E-state index contributed by atoms with van der Waals surface area (Å²) in [6, 6.07) is 3.78. The average Bonchev–Trinajstić information content (AvgIpc) is 2.39. The monoisotopic (exact) mass is 246 g/mol. The van der Waals surface area contributed by atoms with E-state index in [2.05, 4.69) is 20.9 Å². The number of piperidine rings is 1. The van der Waals surface area contributed by atoms with Crippen LogP contribution in [0.25, 0.3) is 0 Å². The molecule has 96 valence electrons. The molecule has 1 fully saturated rings. The Hall–Kier alpha value is -1.67. The molecular weight excluding hydrogens is 228 g/mol. The SMILES string of the molecule is CCOC1CCCN(c2nc(C)cc(C#N)n2)C1. The van der Waals surface area contributed by atoms with E-state index in [4.69, 9.17) is 10.00 Å². The molecule has 1 aromatic rings. The first-order valence-electron chi connectivity index (χ1n) is 6.35. The zero-order chi connectivity index (χ0) is 13.0. The predicted octanol–water partition coefficient (Wildman–Crippen LogP) is 1.66. The van der Waals surface area contributed by atoms with Crippen LogP contribution in [-0.2, 0) is 4.74 Å². The smallest absolute Gasteiger partial charge is 0.226 e. The van der Waals surface area contributed by atoms with Gasteiger partial charge in [0.2, 0.25) is 5.95 Å². The number of hydrogen-bond donors (Lipinski definition) is 0. The lowest BCUT2D eigenvalue weighted by atomic mass is 10.1. The summed E-state index contributed by atoms with van der Waals surface area (Å²) in [7, 11) is 0. The molecule has 0 aliphatic carbocycles. The van der Waals surface area contributed by atoms with Gasteiger partial charge in [-0.25, -0.2) is 9.97 Å². The molecule has 1 saturated heterocycles. The van der Waals surface area contributed by atoms with Crippen LogP contribution in [0.2, 0.25) is 0 Å². The topological polar surface area (TPSA) is 62.0 Å². The van der Waals surface area contributed by atoms with Gasteiger partial charge in [0.25, 0.3) is 0 Å². The molecule has 0 aromatic carbocycles. The molecule has 1 aliphatic rings. The van der Waals surface area contributed by atoms with Gasteiger partial charge in [0.05, 0.1) is 6.10 Å². The normalized spacial score (nSPS) is 19.6. The second-order valence-corrected chi connectivity index (χ2v) is 4.47. The molecule has 0 spiro atoms.